The third-order valence-corrected chi connectivity index (χ3v) is 5.83. The van der Waals surface area contributed by atoms with Crippen LogP contribution in [-0.4, -0.2) is 71.8 Å². The number of nitrogens with one attached hydrogen (secondary N) is 1. The number of anilines is 3. The molecule has 1 saturated heterocycles. The van der Waals surface area contributed by atoms with Crippen LogP contribution in [0.4, 0.5) is 17.5 Å². The summed E-state index contributed by atoms with van der Waals surface area (Å²) in [4.78, 5) is 24.0. The summed E-state index contributed by atoms with van der Waals surface area (Å²) < 4.78 is 38.7. The summed E-state index contributed by atoms with van der Waals surface area (Å²) in [5.74, 6) is 0.286. The van der Waals surface area contributed by atoms with Gasteiger partial charge in [-0.05, 0) is 18.2 Å². The lowest BCUT2D eigenvalue weighted by atomic mass is 10.2. The fourth-order valence-corrected chi connectivity index (χ4v) is 4.01. The molecule has 0 aliphatic carbocycles. The lowest BCUT2D eigenvalue weighted by Crippen LogP contribution is -2.37. The number of hydrogen-bond donors (Lipinski definition) is 2. The quantitative estimate of drug-likeness (QED) is 0.626. The number of hydrogen-bond acceptors (Lipinski definition) is 9. The van der Waals surface area contributed by atoms with Crippen molar-refractivity contribution in [2.24, 2.45) is 5.73 Å². The first-order valence-corrected chi connectivity index (χ1v) is 10.6. The molecule has 1 amide bonds. The highest BCUT2D eigenvalue weighted by Crippen LogP contribution is 2.28. The van der Waals surface area contributed by atoms with Gasteiger partial charge in [0.15, 0.2) is 5.82 Å². The van der Waals surface area contributed by atoms with Gasteiger partial charge < -0.3 is 25.0 Å². The van der Waals surface area contributed by atoms with Crippen molar-refractivity contribution in [3.05, 3.63) is 30.0 Å². The zero-order valence-electron chi connectivity index (χ0n) is 17.0. The maximum atomic E-state index is 12.9. The van der Waals surface area contributed by atoms with Gasteiger partial charge in [-0.2, -0.15) is 4.98 Å². The molecule has 12 heteroatoms. The molecule has 11 nitrogen and oxygen atoms in total. The first-order valence-electron chi connectivity index (χ1n) is 9.10. The van der Waals surface area contributed by atoms with E-state index in [1.54, 1.807) is 19.0 Å². The Bertz CT molecular complexity index is 1040. The van der Waals surface area contributed by atoms with Gasteiger partial charge in [0.2, 0.25) is 5.95 Å². The third kappa shape index (κ3) is 4.54. The molecule has 3 N–H and O–H groups in total. The van der Waals surface area contributed by atoms with E-state index in [0.717, 1.165) is 0 Å². The molecule has 0 unspecified atom stereocenters. The van der Waals surface area contributed by atoms with Crippen LogP contribution in [0, 0.1) is 0 Å². The standard InChI is InChI=1S/C18H24N6O5S/c1-23(2)17-14(11-20-18(21-17)24-6-8-29-9-7-24)22-30(26,27)12-4-5-15(28-3)13(10-12)16(19)25/h4-5,10-11,22H,6-9H2,1-3H3,(H2,19,25). The lowest BCUT2D eigenvalue weighted by Gasteiger charge is -2.28. The van der Waals surface area contributed by atoms with Gasteiger partial charge in [0.05, 0.1) is 37.0 Å². The smallest absolute Gasteiger partial charge is 0.262 e. The summed E-state index contributed by atoms with van der Waals surface area (Å²) in [6, 6.07) is 3.87. The molecule has 2 heterocycles. The Morgan fingerprint density at radius 3 is 2.60 bits per heavy atom. The number of nitrogens with two attached hydrogens (primary N) is 1. The number of aromatic nitrogens is 2. The highest BCUT2D eigenvalue weighted by atomic mass is 32.2. The van der Waals surface area contributed by atoms with E-state index in [-0.39, 0.29) is 21.9 Å². The number of carbonyl (C=O) groups excluding carboxylic acids is 1. The molecule has 1 fully saturated rings. The number of carbonyl (C=O) groups is 1. The van der Waals surface area contributed by atoms with Crippen LogP contribution >= 0.6 is 0 Å². The van der Waals surface area contributed by atoms with Crippen LogP contribution in [0.15, 0.2) is 29.3 Å². The number of benzene rings is 1. The van der Waals surface area contributed by atoms with Gasteiger partial charge in [-0.25, -0.2) is 13.4 Å². The topological polar surface area (TPSA) is 140 Å². The summed E-state index contributed by atoms with van der Waals surface area (Å²) in [5.41, 5.74) is 5.50. The normalized spacial score (nSPS) is 14.3. The first-order chi connectivity index (χ1) is 14.2. The van der Waals surface area contributed by atoms with E-state index in [1.807, 2.05) is 4.90 Å². The minimum atomic E-state index is -4.04. The Morgan fingerprint density at radius 2 is 2.00 bits per heavy atom. The van der Waals surface area contributed by atoms with Crippen LogP contribution in [0.5, 0.6) is 5.75 Å². The number of morpholine rings is 1. The zero-order valence-corrected chi connectivity index (χ0v) is 17.8. The maximum absolute atomic E-state index is 12.9. The van der Waals surface area contributed by atoms with Crippen molar-refractivity contribution in [2.45, 2.75) is 4.90 Å². The van der Waals surface area contributed by atoms with Gasteiger partial charge in [-0.3, -0.25) is 9.52 Å². The molecule has 0 atom stereocenters. The second-order valence-electron chi connectivity index (χ2n) is 6.73. The Hall–Kier alpha value is -3.12. The van der Waals surface area contributed by atoms with Crippen LogP contribution in [0.1, 0.15) is 10.4 Å². The minimum absolute atomic E-state index is 0.0351. The summed E-state index contributed by atoms with van der Waals surface area (Å²) in [6.45, 7) is 2.46. The molecular formula is C18H24N6O5S. The Labute approximate surface area is 174 Å². The molecule has 3 rings (SSSR count). The van der Waals surface area contributed by atoms with E-state index in [4.69, 9.17) is 15.2 Å². The average Bonchev–Trinajstić information content (AvgIpc) is 2.73. The molecular weight excluding hydrogens is 412 g/mol. The Kier molecular flexibility index (Phi) is 6.27. The van der Waals surface area contributed by atoms with Crippen LogP contribution in [0.25, 0.3) is 0 Å². The van der Waals surface area contributed by atoms with E-state index >= 15 is 0 Å². The minimum Gasteiger partial charge on any atom is -0.496 e. The monoisotopic (exact) mass is 436 g/mol. The second-order valence-corrected chi connectivity index (χ2v) is 8.42. The predicted molar refractivity (Wildman–Crippen MR) is 112 cm³/mol. The lowest BCUT2D eigenvalue weighted by molar-refractivity contribution is 0.0997. The SMILES string of the molecule is COc1ccc(S(=O)(=O)Nc2cnc(N3CCOCC3)nc2N(C)C)cc1C(N)=O. The molecule has 1 aromatic carbocycles. The van der Waals surface area contributed by atoms with Gasteiger partial charge in [0.25, 0.3) is 15.9 Å². The molecule has 1 aliphatic rings. The molecule has 2 aromatic rings. The van der Waals surface area contributed by atoms with Crippen molar-refractivity contribution >= 4 is 33.4 Å². The van der Waals surface area contributed by atoms with Crippen molar-refractivity contribution < 1.29 is 22.7 Å². The number of nitrogens with zero attached hydrogens (tertiary/aromatic N) is 4. The summed E-state index contributed by atoms with van der Waals surface area (Å²) in [5, 5.41) is 0. The highest BCUT2D eigenvalue weighted by Gasteiger charge is 2.23. The van der Waals surface area contributed by atoms with Crippen molar-refractivity contribution in [3.63, 3.8) is 0 Å². The van der Waals surface area contributed by atoms with Crippen LogP contribution in [-0.2, 0) is 14.8 Å². The summed E-state index contributed by atoms with van der Waals surface area (Å²) >= 11 is 0. The van der Waals surface area contributed by atoms with E-state index in [1.165, 1.54) is 31.5 Å². The number of primary amides is 1. The molecule has 30 heavy (non-hydrogen) atoms. The number of ether oxygens (including phenoxy) is 2. The van der Waals surface area contributed by atoms with E-state index in [2.05, 4.69) is 14.7 Å². The van der Waals surface area contributed by atoms with E-state index in [9.17, 15) is 13.2 Å². The van der Waals surface area contributed by atoms with Gasteiger partial charge in [0.1, 0.15) is 11.4 Å². The molecule has 0 bridgehead atoms. The molecule has 1 aliphatic heterocycles. The first kappa shape index (κ1) is 21.6. The number of sulfonamides is 1. The Morgan fingerprint density at radius 1 is 1.30 bits per heavy atom. The van der Waals surface area contributed by atoms with Gasteiger partial charge >= 0.3 is 0 Å². The van der Waals surface area contributed by atoms with Gasteiger partial charge in [0, 0.05) is 27.2 Å². The molecule has 162 valence electrons. The largest absolute Gasteiger partial charge is 0.496 e. The zero-order chi connectivity index (χ0) is 21.9. The highest BCUT2D eigenvalue weighted by molar-refractivity contribution is 7.92. The van der Waals surface area contributed by atoms with Crippen molar-refractivity contribution in [1.29, 1.82) is 0 Å². The third-order valence-electron chi connectivity index (χ3n) is 4.46. The second kappa shape index (κ2) is 8.71. The van der Waals surface area contributed by atoms with Gasteiger partial charge in [-0.1, -0.05) is 0 Å². The molecule has 0 spiro atoms. The van der Waals surface area contributed by atoms with Crippen LogP contribution in [0.3, 0.4) is 0 Å². The van der Waals surface area contributed by atoms with E-state index < -0.39 is 15.9 Å². The number of rotatable bonds is 7. The fraction of sp³-hybridized carbons (Fsp3) is 0.389. The Balaban J connectivity index is 1.94. The fourth-order valence-electron chi connectivity index (χ4n) is 2.94. The van der Waals surface area contributed by atoms with Crippen LogP contribution < -0.4 is 25.0 Å². The molecule has 1 aromatic heterocycles. The number of methoxy groups -OCH3 is 1. The molecule has 0 radical (unpaired) electrons. The summed E-state index contributed by atoms with van der Waals surface area (Å²) in [6.07, 6.45) is 1.42. The van der Waals surface area contributed by atoms with Crippen molar-refractivity contribution in [2.75, 3.05) is 62.0 Å². The van der Waals surface area contributed by atoms with E-state index in [0.29, 0.717) is 38.1 Å². The maximum Gasteiger partial charge on any atom is 0.262 e. The average molecular weight is 436 g/mol. The predicted octanol–water partition coefficient (Wildman–Crippen LogP) is 0.288. The number of amides is 1. The van der Waals surface area contributed by atoms with Crippen molar-refractivity contribution in [3.8, 4) is 5.75 Å². The van der Waals surface area contributed by atoms with Crippen LogP contribution in [0.2, 0.25) is 0 Å². The van der Waals surface area contributed by atoms with Crippen molar-refractivity contribution in [1.82, 2.24) is 9.97 Å². The summed E-state index contributed by atoms with van der Waals surface area (Å²) in [7, 11) is 0.828. The van der Waals surface area contributed by atoms with Gasteiger partial charge in [-0.15, -0.1) is 0 Å². The molecule has 0 saturated carbocycles.